The van der Waals surface area contributed by atoms with Crippen molar-refractivity contribution in [1.82, 2.24) is 0 Å². The number of aliphatic hydroxyl groups is 1. The molecule has 0 saturated heterocycles. The molecule has 0 amide bonds. The van der Waals surface area contributed by atoms with Crippen LogP contribution in [0.5, 0.6) is 0 Å². The Hall–Kier alpha value is -1.94. The molecule has 3 N–H and O–H groups in total. The van der Waals surface area contributed by atoms with E-state index in [1.807, 2.05) is 0 Å². The number of phosphoric ester groups is 2. The molecule has 0 fully saturated rings. The average Bonchev–Trinajstić information content (AvgIpc) is 3.29. The molecule has 0 aliphatic heterocycles. The van der Waals surface area contributed by atoms with Gasteiger partial charge in [0.05, 0.1) is 26.4 Å². The summed E-state index contributed by atoms with van der Waals surface area (Å²) >= 11 is 0. The van der Waals surface area contributed by atoms with E-state index in [4.69, 9.17) is 37.0 Å². The standard InChI is InChI=1S/C74H144O17P2/c1-8-10-11-12-13-14-15-16-17-18-19-20-21-24-28-34-43-50-57-73(78)90-69(61-84-71(76)55-48-41-33-27-25-22-23-26-31-38-45-52-65(3)4)63-88-92(80,81)86-59-68(75)60-87-93(82,83)89-64-70(62-85-72(77)56-49-42-37-36-39-46-53-66(5)6)91-74(79)58-51-44-35-30-29-32-40-47-54-67(7)9-2/h65-70,75H,8-64H2,1-7H3,(H,80,81)(H,82,83)/t67?,68-,69-,70-/m1/s1. The first-order valence-corrected chi connectivity index (χ1v) is 41.4. The summed E-state index contributed by atoms with van der Waals surface area (Å²) in [5.74, 6) is 0.0961. The van der Waals surface area contributed by atoms with Crippen LogP contribution in [-0.2, 0) is 65.4 Å². The monoisotopic (exact) mass is 1370 g/mol. The quantitative estimate of drug-likeness (QED) is 0.0222. The maximum atomic E-state index is 13.1. The summed E-state index contributed by atoms with van der Waals surface area (Å²) in [7, 11) is -9.91. The number of ether oxygens (including phenoxy) is 4. The van der Waals surface area contributed by atoms with E-state index in [2.05, 4.69) is 48.5 Å². The first-order valence-electron chi connectivity index (χ1n) is 38.4. The Balaban J connectivity index is 5.24. The third kappa shape index (κ3) is 67.0. The molecule has 0 aromatic rings. The number of carbonyl (C=O) groups is 4. The summed E-state index contributed by atoms with van der Waals surface area (Å²) in [4.78, 5) is 72.7. The van der Waals surface area contributed by atoms with Crippen LogP contribution in [0.3, 0.4) is 0 Å². The molecule has 0 rings (SSSR count). The molecule has 0 aliphatic carbocycles. The van der Waals surface area contributed by atoms with Gasteiger partial charge < -0.3 is 33.8 Å². The fourth-order valence-corrected chi connectivity index (χ4v) is 12.8. The van der Waals surface area contributed by atoms with E-state index in [1.165, 1.54) is 180 Å². The minimum absolute atomic E-state index is 0.104. The molecule has 17 nitrogen and oxygen atoms in total. The van der Waals surface area contributed by atoms with Crippen LogP contribution in [0.15, 0.2) is 0 Å². The Morgan fingerprint density at radius 3 is 0.817 bits per heavy atom. The van der Waals surface area contributed by atoms with Crippen molar-refractivity contribution in [2.75, 3.05) is 39.6 Å². The molecule has 0 heterocycles. The molecule has 0 spiro atoms. The van der Waals surface area contributed by atoms with Gasteiger partial charge in [0.25, 0.3) is 0 Å². The Kier molecular flexibility index (Phi) is 63.4. The maximum absolute atomic E-state index is 13.1. The van der Waals surface area contributed by atoms with Crippen molar-refractivity contribution in [3.05, 3.63) is 0 Å². The first-order chi connectivity index (χ1) is 44.8. The van der Waals surface area contributed by atoms with Crippen LogP contribution in [0, 0.1) is 17.8 Å². The topological polar surface area (TPSA) is 237 Å². The van der Waals surface area contributed by atoms with E-state index >= 15 is 0 Å². The average molecular weight is 1370 g/mol. The van der Waals surface area contributed by atoms with Crippen molar-refractivity contribution in [3.63, 3.8) is 0 Å². The van der Waals surface area contributed by atoms with Crippen molar-refractivity contribution in [2.24, 2.45) is 17.8 Å². The van der Waals surface area contributed by atoms with Crippen LogP contribution in [0.25, 0.3) is 0 Å². The number of carbonyl (C=O) groups excluding carboxylic acids is 4. The van der Waals surface area contributed by atoms with Crippen molar-refractivity contribution in [2.45, 2.75) is 394 Å². The predicted molar refractivity (Wildman–Crippen MR) is 377 cm³/mol. The highest BCUT2D eigenvalue weighted by atomic mass is 31.2. The zero-order valence-corrected chi connectivity index (χ0v) is 62.5. The van der Waals surface area contributed by atoms with Crippen molar-refractivity contribution >= 4 is 39.5 Å². The van der Waals surface area contributed by atoms with Gasteiger partial charge in [-0.05, 0) is 43.4 Å². The van der Waals surface area contributed by atoms with Crippen LogP contribution in [-0.4, -0.2) is 96.7 Å². The fraction of sp³-hybridized carbons (Fsp3) is 0.946. The summed E-state index contributed by atoms with van der Waals surface area (Å²) in [6.45, 7) is 11.8. The van der Waals surface area contributed by atoms with Crippen LogP contribution in [0.1, 0.15) is 376 Å². The molecular weight excluding hydrogens is 1220 g/mol. The minimum Gasteiger partial charge on any atom is -0.462 e. The predicted octanol–water partition coefficient (Wildman–Crippen LogP) is 21.4. The van der Waals surface area contributed by atoms with Crippen LogP contribution < -0.4 is 0 Å². The highest BCUT2D eigenvalue weighted by molar-refractivity contribution is 7.47. The molecule has 0 aromatic carbocycles. The summed E-state index contributed by atoms with van der Waals surface area (Å²) < 4.78 is 68.4. The summed E-state index contributed by atoms with van der Waals surface area (Å²) in [6, 6.07) is 0. The number of hydrogen-bond donors (Lipinski definition) is 3. The third-order valence-corrected chi connectivity index (χ3v) is 19.4. The van der Waals surface area contributed by atoms with Crippen LogP contribution in [0.4, 0.5) is 0 Å². The van der Waals surface area contributed by atoms with Gasteiger partial charge in [-0.1, -0.05) is 325 Å². The molecule has 0 bridgehead atoms. The Morgan fingerprint density at radius 1 is 0.312 bits per heavy atom. The van der Waals surface area contributed by atoms with E-state index in [0.29, 0.717) is 31.6 Å². The number of rotatable bonds is 72. The summed E-state index contributed by atoms with van der Waals surface area (Å²) in [6.07, 6.45) is 50.1. The van der Waals surface area contributed by atoms with Gasteiger partial charge in [0.2, 0.25) is 0 Å². The number of esters is 4. The van der Waals surface area contributed by atoms with Crippen molar-refractivity contribution in [1.29, 1.82) is 0 Å². The second kappa shape index (κ2) is 64.7. The second-order valence-corrected chi connectivity index (χ2v) is 30.8. The van der Waals surface area contributed by atoms with Gasteiger partial charge in [0.1, 0.15) is 19.3 Å². The number of unbranched alkanes of at least 4 members (excludes halogenated alkanes) is 39. The molecule has 19 heteroatoms. The molecule has 3 unspecified atom stereocenters. The first kappa shape index (κ1) is 91.1. The molecular formula is C74H144O17P2. The lowest BCUT2D eigenvalue weighted by Gasteiger charge is -2.21. The highest BCUT2D eigenvalue weighted by Crippen LogP contribution is 2.45. The van der Waals surface area contributed by atoms with E-state index < -0.39 is 97.5 Å². The zero-order valence-electron chi connectivity index (χ0n) is 60.7. The largest absolute Gasteiger partial charge is 0.472 e. The molecule has 0 radical (unpaired) electrons. The highest BCUT2D eigenvalue weighted by Gasteiger charge is 2.30. The lowest BCUT2D eigenvalue weighted by atomic mass is 9.99. The van der Waals surface area contributed by atoms with Gasteiger partial charge in [-0.2, -0.15) is 0 Å². The van der Waals surface area contributed by atoms with Gasteiger partial charge >= 0.3 is 39.5 Å². The number of phosphoric acid groups is 2. The Labute approximate surface area is 568 Å². The fourth-order valence-electron chi connectivity index (χ4n) is 11.2. The van der Waals surface area contributed by atoms with Gasteiger partial charge in [-0.25, -0.2) is 9.13 Å². The normalized spacial score (nSPS) is 14.4. The molecule has 0 aliphatic rings. The molecule has 6 atom stereocenters. The van der Waals surface area contributed by atoms with Crippen LogP contribution >= 0.6 is 15.6 Å². The van der Waals surface area contributed by atoms with Gasteiger partial charge in [-0.15, -0.1) is 0 Å². The van der Waals surface area contributed by atoms with Crippen molar-refractivity contribution < 1.29 is 80.2 Å². The van der Waals surface area contributed by atoms with E-state index in [1.54, 1.807) is 0 Å². The van der Waals surface area contributed by atoms with Crippen molar-refractivity contribution in [3.8, 4) is 0 Å². The van der Waals surface area contributed by atoms with Gasteiger partial charge in [-0.3, -0.25) is 37.3 Å². The number of aliphatic hydroxyl groups excluding tert-OH is 1. The summed E-state index contributed by atoms with van der Waals surface area (Å²) in [5.41, 5.74) is 0. The second-order valence-electron chi connectivity index (χ2n) is 27.9. The Morgan fingerprint density at radius 2 is 0.548 bits per heavy atom. The van der Waals surface area contributed by atoms with E-state index in [9.17, 15) is 43.2 Å². The van der Waals surface area contributed by atoms with E-state index in [-0.39, 0.29) is 25.7 Å². The zero-order chi connectivity index (χ0) is 68.7. The smallest absolute Gasteiger partial charge is 0.462 e. The molecule has 0 aromatic heterocycles. The lowest BCUT2D eigenvalue weighted by Crippen LogP contribution is -2.30. The lowest BCUT2D eigenvalue weighted by molar-refractivity contribution is -0.161. The Bertz CT molecular complexity index is 1820. The minimum atomic E-state index is -4.96. The molecule has 0 saturated carbocycles. The SMILES string of the molecule is CCCCCCCCCCCCCCCCCCCCC(=O)O[C@H](COC(=O)CCCCCCCCCCCCCC(C)C)COP(=O)(O)OC[C@@H](O)COP(=O)(O)OC[C@@H](COC(=O)CCCCCCCCC(C)C)OC(=O)CCCCCCCCCCC(C)CC. The van der Waals surface area contributed by atoms with Crippen LogP contribution in [0.2, 0.25) is 0 Å². The molecule has 552 valence electrons. The number of hydrogen-bond acceptors (Lipinski definition) is 15. The summed E-state index contributed by atoms with van der Waals surface area (Å²) in [5, 5.41) is 10.6. The van der Waals surface area contributed by atoms with Gasteiger partial charge in [0, 0.05) is 25.7 Å². The maximum Gasteiger partial charge on any atom is 0.472 e. The third-order valence-electron chi connectivity index (χ3n) is 17.5. The van der Waals surface area contributed by atoms with Gasteiger partial charge in [0.15, 0.2) is 12.2 Å². The molecule has 93 heavy (non-hydrogen) atoms. The van der Waals surface area contributed by atoms with E-state index in [0.717, 1.165) is 108 Å².